The molecule has 1 aliphatic rings. The largest absolute Gasteiger partial charge is 0.355 e. The van der Waals surface area contributed by atoms with Crippen molar-refractivity contribution in [2.45, 2.75) is 32.0 Å². The summed E-state index contributed by atoms with van der Waals surface area (Å²) in [6.45, 7) is 2.63. The van der Waals surface area contributed by atoms with Crippen LogP contribution in [0.3, 0.4) is 0 Å². The van der Waals surface area contributed by atoms with Gasteiger partial charge < -0.3 is 4.74 Å². The molecule has 0 radical (unpaired) electrons. The molecule has 1 aromatic carbocycles. The van der Waals surface area contributed by atoms with E-state index in [1.807, 2.05) is 25.1 Å². The topological polar surface area (TPSA) is 104 Å². The van der Waals surface area contributed by atoms with Crippen LogP contribution in [-0.2, 0) is 16.0 Å². The molecule has 0 aromatic heterocycles. The summed E-state index contributed by atoms with van der Waals surface area (Å²) in [5.41, 5.74) is 9.95. The zero-order valence-electron chi connectivity index (χ0n) is 13.0. The van der Waals surface area contributed by atoms with Crippen molar-refractivity contribution in [3.8, 4) is 0 Å². The van der Waals surface area contributed by atoms with Crippen LogP contribution >= 0.6 is 0 Å². The van der Waals surface area contributed by atoms with E-state index in [1.165, 1.54) is 0 Å². The number of carbonyl (C=O) groups is 2. The molecule has 1 heterocycles. The zero-order chi connectivity index (χ0) is 16.7. The lowest BCUT2D eigenvalue weighted by Crippen LogP contribution is -2.32. The summed E-state index contributed by atoms with van der Waals surface area (Å²) in [5.74, 6) is -0.149. The van der Waals surface area contributed by atoms with Gasteiger partial charge in [0.05, 0.1) is 6.61 Å². The van der Waals surface area contributed by atoms with E-state index in [-0.39, 0.29) is 17.7 Å². The maximum Gasteiger partial charge on any atom is 0.165 e. The molecular formula is C16H20N4O3. The summed E-state index contributed by atoms with van der Waals surface area (Å²) >= 11 is 0. The minimum absolute atomic E-state index is 0.0430. The minimum Gasteiger partial charge on any atom is -0.355 e. The maximum atomic E-state index is 12.4. The summed E-state index contributed by atoms with van der Waals surface area (Å²) < 4.78 is 5.27. The Balaban J connectivity index is 1.97. The molecule has 7 nitrogen and oxygen atoms in total. The van der Waals surface area contributed by atoms with Crippen molar-refractivity contribution in [3.05, 3.63) is 45.8 Å². The second-order valence-corrected chi connectivity index (χ2v) is 5.67. The van der Waals surface area contributed by atoms with E-state index in [4.69, 9.17) is 10.3 Å². The first-order valence-electron chi connectivity index (χ1n) is 7.61. The smallest absolute Gasteiger partial charge is 0.165 e. The monoisotopic (exact) mass is 316 g/mol. The summed E-state index contributed by atoms with van der Waals surface area (Å²) in [5, 5.41) is 6.54. The fourth-order valence-electron chi connectivity index (χ4n) is 2.59. The van der Waals surface area contributed by atoms with E-state index in [1.54, 1.807) is 6.07 Å². The van der Waals surface area contributed by atoms with Gasteiger partial charge in [0.2, 0.25) is 0 Å². The van der Waals surface area contributed by atoms with Crippen LogP contribution in [0.15, 0.2) is 29.4 Å². The van der Waals surface area contributed by atoms with Gasteiger partial charge in [0, 0.05) is 29.0 Å². The fourth-order valence-corrected chi connectivity index (χ4v) is 2.59. The second-order valence-electron chi connectivity index (χ2n) is 5.67. The van der Waals surface area contributed by atoms with E-state index in [0.29, 0.717) is 31.6 Å². The second kappa shape index (κ2) is 8.43. The lowest BCUT2D eigenvalue weighted by Gasteiger charge is -2.12. The Morgan fingerprint density at radius 2 is 2.43 bits per heavy atom. The molecular weight excluding hydrogens is 296 g/mol. The van der Waals surface area contributed by atoms with Crippen LogP contribution in [0.25, 0.3) is 10.4 Å². The molecule has 7 heteroatoms. The normalized spacial score (nSPS) is 21.4. The van der Waals surface area contributed by atoms with Crippen LogP contribution in [0.2, 0.25) is 0 Å². The van der Waals surface area contributed by atoms with Crippen LogP contribution < -0.4 is 5.32 Å². The molecule has 1 fully saturated rings. The summed E-state index contributed by atoms with van der Waals surface area (Å²) in [7, 11) is 0. The Kier molecular flexibility index (Phi) is 6.29. The van der Waals surface area contributed by atoms with Gasteiger partial charge in [-0.05, 0) is 30.0 Å². The van der Waals surface area contributed by atoms with Crippen LogP contribution in [0.1, 0.15) is 29.3 Å². The molecule has 0 saturated carbocycles. The summed E-state index contributed by atoms with van der Waals surface area (Å²) in [4.78, 5) is 25.8. The first kappa shape index (κ1) is 17.1. The molecule has 3 unspecified atom stereocenters. The lowest BCUT2D eigenvalue weighted by molar-refractivity contribution is -0.116. The molecule has 1 saturated heterocycles. The highest BCUT2D eigenvalue weighted by atomic mass is 16.5. The van der Waals surface area contributed by atoms with E-state index >= 15 is 0 Å². The number of Topliss-reactive ketones (excluding diaryl/α,β-unsaturated/α-hetero) is 1. The quantitative estimate of drug-likeness (QED) is 0.261. The number of hydrogen-bond donors (Lipinski definition) is 1. The zero-order valence-corrected chi connectivity index (χ0v) is 13.0. The number of hydrogen-bond acceptors (Lipinski definition) is 5. The SMILES string of the molecule is CC(CCN=[N+]=[N-])C(=O)c1cccc(CC2COC(C=O)N2)c1. The van der Waals surface area contributed by atoms with Gasteiger partial charge in [0.15, 0.2) is 18.3 Å². The highest BCUT2D eigenvalue weighted by molar-refractivity contribution is 5.97. The first-order valence-corrected chi connectivity index (χ1v) is 7.61. The number of azide groups is 1. The van der Waals surface area contributed by atoms with Crippen molar-refractivity contribution < 1.29 is 14.3 Å². The van der Waals surface area contributed by atoms with Gasteiger partial charge in [-0.1, -0.05) is 30.2 Å². The van der Waals surface area contributed by atoms with Gasteiger partial charge in [0.25, 0.3) is 0 Å². The van der Waals surface area contributed by atoms with E-state index in [9.17, 15) is 9.59 Å². The highest BCUT2D eigenvalue weighted by Gasteiger charge is 2.24. The average Bonchev–Trinajstić information content (AvgIpc) is 3.02. The number of nitrogens with zero attached hydrogens (tertiary/aromatic N) is 3. The molecule has 0 amide bonds. The van der Waals surface area contributed by atoms with Crippen LogP contribution in [0, 0.1) is 5.92 Å². The van der Waals surface area contributed by atoms with Crippen molar-refractivity contribution in [2.24, 2.45) is 11.0 Å². The molecule has 0 bridgehead atoms. The Bertz CT molecular complexity index is 613. The van der Waals surface area contributed by atoms with Crippen LogP contribution in [0.4, 0.5) is 0 Å². The third-order valence-corrected chi connectivity index (χ3v) is 3.87. The van der Waals surface area contributed by atoms with Gasteiger partial charge in [-0.2, -0.15) is 0 Å². The van der Waals surface area contributed by atoms with Crippen molar-refractivity contribution >= 4 is 12.1 Å². The van der Waals surface area contributed by atoms with Gasteiger partial charge in [-0.3, -0.25) is 14.9 Å². The Labute approximate surface area is 134 Å². The molecule has 3 atom stereocenters. The van der Waals surface area contributed by atoms with E-state index in [2.05, 4.69) is 15.3 Å². The maximum absolute atomic E-state index is 12.4. The Morgan fingerprint density at radius 1 is 1.61 bits per heavy atom. The number of aldehydes is 1. The summed E-state index contributed by atoms with van der Waals surface area (Å²) in [6, 6.07) is 7.55. The Morgan fingerprint density at radius 3 is 3.13 bits per heavy atom. The van der Waals surface area contributed by atoms with Crippen molar-refractivity contribution in [2.75, 3.05) is 13.2 Å². The molecule has 0 spiro atoms. The van der Waals surface area contributed by atoms with E-state index < -0.39 is 6.23 Å². The van der Waals surface area contributed by atoms with Crippen LogP contribution in [0.5, 0.6) is 0 Å². The number of rotatable bonds is 8. The van der Waals surface area contributed by atoms with Crippen molar-refractivity contribution in [1.29, 1.82) is 0 Å². The third-order valence-electron chi connectivity index (χ3n) is 3.87. The average molecular weight is 316 g/mol. The van der Waals surface area contributed by atoms with Gasteiger partial charge in [0.1, 0.15) is 0 Å². The first-order chi connectivity index (χ1) is 11.1. The highest BCUT2D eigenvalue weighted by Crippen LogP contribution is 2.16. The van der Waals surface area contributed by atoms with Crippen molar-refractivity contribution in [3.63, 3.8) is 0 Å². The molecule has 1 aliphatic heterocycles. The number of ether oxygens (including phenoxy) is 1. The Hall–Kier alpha value is -2.21. The van der Waals surface area contributed by atoms with Gasteiger partial charge >= 0.3 is 0 Å². The molecule has 1 N–H and O–H groups in total. The molecule has 23 heavy (non-hydrogen) atoms. The van der Waals surface area contributed by atoms with Crippen molar-refractivity contribution in [1.82, 2.24) is 5.32 Å². The molecule has 122 valence electrons. The standard InChI is InChI=1S/C16H20N4O3/c1-11(5-6-18-20-17)16(22)13-4-2-3-12(7-13)8-14-10-23-15(9-21)19-14/h2-4,7,9,11,14-15,19H,5-6,8,10H2,1H3. The predicted octanol–water partition coefficient (Wildman–Crippen LogP) is 2.26. The van der Waals surface area contributed by atoms with Gasteiger partial charge in [-0.15, -0.1) is 0 Å². The van der Waals surface area contributed by atoms with Gasteiger partial charge in [-0.25, -0.2) is 0 Å². The number of nitrogens with one attached hydrogen (secondary N) is 1. The lowest BCUT2D eigenvalue weighted by atomic mass is 9.94. The third kappa shape index (κ3) is 4.89. The summed E-state index contributed by atoms with van der Waals surface area (Å²) in [6.07, 6.45) is 1.43. The molecule has 1 aromatic rings. The molecule has 2 rings (SSSR count). The predicted molar refractivity (Wildman–Crippen MR) is 85.0 cm³/mol. The molecule has 0 aliphatic carbocycles. The van der Waals surface area contributed by atoms with Crippen LogP contribution in [-0.4, -0.2) is 37.5 Å². The number of benzene rings is 1. The van der Waals surface area contributed by atoms with E-state index in [0.717, 1.165) is 11.8 Å². The number of ketones is 1. The fraction of sp³-hybridized carbons (Fsp3) is 0.500. The number of carbonyl (C=O) groups excluding carboxylic acids is 2. The minimum atomic E-state index is -0.537.